The van der Waals surface area contributed by atoms with Crippen LogP contribution in [0.4, 0.5) is 0 Å². The normalized spacial score (nSPS) is 9.89. The minimum Gasteiger partial charge on any atom is -0.480 e. The molecule has 52 valence electrons. The number of carbonyl (C=O) groups is 1. The van der Waals surface area contributed by atoms with Gasteiger partial charge in [0.2, 0.25) is 0 Å². The molecule has 0 unspecified atom stereocenters. The van der Waals surface area contributed by atoms with Crippen LogP contribution in [0.5, 0.6) is 0 Å². The molecule has 0 radical (unpaired) electrons. The van der Waals surface area contributed by atoms with Crippen LogP contribution in [0.15, 0.2) is 12.3 Å². The predicted octanol–water partition coefficient (Wildman–Crippen LogP) is 0.104. The van der Waals surface area contributed by atoms with Crippen molar-refractivity contribution in [2.24, 2.45) is 0 Å². The van der Waals surface area contributed by atoms with Crippen LogP contribution in [0.1, 0.15) is 0 Å². The summed E-state index contributed by atoms with van der Waals surface area (Å²) in [4.78, 5) is 9.85. The predicted molar refractivity (Wildman–Crippen MR) is 38.6 cm³/mol. The summed E-state index contributed by atoms with van der Waals surface area (Å²) >= 11 is 3.87. The molecule has 0 aromatic carbocycles. The number of nitrogens with one attached hydrogen (secondary N) is 1. The zero-order valence-corrected chi connectivity index (χ0v) is 5.77. The lowest BCUT2D eigenvalue weighted by molar-refractivity contribution is -0.135. The Hall–Kier alpha value is -0.640. The molecule has 0 aliphatic rings. The third-order valence-electron chi connectivity index (χ3n) is 0.594. The number of aliphatic carboxylic acids is 1. The summed E-state index contributed by atoms with van der Waals surface area (Å²) in [7, 11) is 0. The fourth-order valence-corrected chi connectivity index (χ4v) is 0.388. The number of thiol groups is 1. The first kappa shape index (κ1) is 8.36. The molecular weight excluding hydrogens is 138 g/mol. The monoisotopic (exact) mass is 147 g/mol. The van der Waals surface area contributed by atoms with E-state index in [1.165, 1.54) is 0 Å². The SMILES string of the molecule is O=C(O)CNC=CCS. The topological polar surface area (TPSA) is 49.3 Å². The van der Waals surface area contributed by atoms with Gasteiger partial charge in [-0.3, -0.25) is 4.79 Å². The van der Waals surface area contributed by atoms with Gasteiger partial charge in [0.05, 0.1) is 0 Å². The van der Waals surface area contributed by atoms with Crippen molar-refractivity contribution < 1.29 is 9.90 Å². The molecule has 0 aromatic rings. The van der Waals surface area contributed by atoms with Crippen molar-refractivity contribution in [1.29, 1.82) is 0 Å². The van der Waals surface area contributed by atoms with E-state index >= 15 is 0 Å². The zero-order chi connectivity index (χ0) is 7.11. The number of carboxylic acids is 1. The van der Waals surface area contributed by atoms with Crippen molar-refractivity contribution >= 4 is 18.6 Å². The lowest BCUT2D eigenvalue weighted by Gasteiger charge is -1.90. The molecule has 3 nitrogen and oxygen atoms in total. The molecule has 0 bridgehead atoms. The highest BCUT2D eigenvalue weighted by Gasteiger charge is 1.88. The Morgan fingerprint density at radius 2 is 2.44 bits per heavy atom. The Balaban J connectivity index is 3.09. The van der Waals surface area contributed by atoms with Crippen LogP contribution >= 0.6 is 12.6 Å². The first-order chi connectivity index (χ1) is 4.27. The van der Waals surface area contributed by atoms with Gasteiger partial charge in [-0.1, -0.05) is 6.08 Å². The summed E-state index contributed by atoms with van der Waals surface area (Å²) in [6.45, 7) is -0.0374. The Kier molecular flexibility index (Phi) is 5.11. The quantitative estimate of drug-likeness (QED) is 0.494. The van der Waals surface area contributed by atoms with Gasteiger partial charge in [0.1, 0.15) is 6.54 Å². The van der Waals surface area contributed by atoms with Crippen LogP contribution in [0.3, 0.4) is 0 Å². The third kappa shape index (κ3) is 7.36. The van der Waals surface area contributed by atoms with Gasteiger partial charge in [0, 0.05) is 5.75 Å². The van der Waals surface area contributed by atoms with Gasteiger partial charge in [-0.15, -0.1) is 0 Å². The number of carboxylic acid groups (broad SMARTS) is 1. The van der Waals surface area contributed by atoms with Gasteiger partial charge in [-0.2, -0.15) is 12.6 Å². The molecular formula is C5H9NO2S. The van der Waals surface area contributed by atoms with Gasteiger partial charge < -0.3 is 10.4 Å². The van der Waals surface area contributed by atoms with E-state index in [-0.39, 0.29) is 6.54 Å². The van der Waals surface area contributed by atoms with E-state index in [4.69, 9.17) is 5.11 Å². The highest BCUT2D eigenvalue weighted by molar-refractivity contribution is 7.80. The maximum absolute atomic E-state index is 9.85. The van der Waals surface area contributed by atoms with Crippen molar-refractivity contribution in [3.8, 4) is 0 Å². The highest BCUT2D eigenvalue weighted by atomic mass is 32.1. The lowest BCUT2D eigenvalue weighted by Crippen LogP contribution is -2.16. The van der Waals surface area contributed by atoms with Crippen molar-refractivity contribution in [3.63, 3.8) is 0 Å². The molecule has 4 heteroatoms. The first-order valence-electron chi connectivity index (χ1n) is 2.48. The van der Waals surface area contributed by atoms with Gasteiger partial charge in [0.25, 0.3) is 0 Å². The second-order valence-corrected chi connectivity index (χ2v) is 1.72. The van der Waals surface area contributed by atoms with Crippen LogP contribution < -0.4 is 5.32 Å². The molecule has 0 atom stereocenters. The Labute approximate surface area is 59.2 Å². The summed E-state index contributed by atoms with van der Waals surface area (Å²) in [5.74, 6) is -0.245. The average molecular weight is 147 g/mol. The second-order valence-electron chi connectivity index (χ2n) is 1.36. The summed E-state index contributed by atoms with van der Waals surface area (Å²) < 4.78 is 0. The molecule has 0 saturated heterocycles. The molecule has 0 aromatic heterocycles. The Bertz CT molecular complexity index is 114. The largest absolute Gasteiger partial charge is 0.480 e. The molecule has 0 spiro atoms. The smallest absolute Gasteiger partial charge is 0.322 e. The van der Waals surface area contributed by atoms with E-state index in [0.717, 1.165) is 0 Å². The third-order valence-corrected chi connectivity index (χ3v) is 0.805. The van der Waals surface area contributed by atoms with Crippen LogP contribution in [0, 0.1) is 0 Å². The fourth-order valence-electron chi connectivity index (χ4n) is 0.282. The standard InChI is InChI=1S/C5H9NO2S/c7-5(8)4-6-2-1-3-9/h1-2,6,9H,3-4H2,(H,7,8). The minimum atomic E-state index is -0.862. The summed E-state index contributed by atoms with van der Waals surface area (Å²) in [6.07, 6.45) is 3.30. The molecule has 0 amide bonds. The number of hydrogen-bond acceptors (Lipinski definition) is 3. The van der Waals surface area contributed by atoms with Crippen LogP contribution in [-0.4, -0.2) is 23.4 Å². The van der Waals surface area contributed by atoms with Crippen LogP contribution in [-0.2, 0) is 4.79 Å². The molecule has 0 aliphatic heterocycles. The molecule has 0 aliphatic carbocycles. The van der Waals surface area contributed by atoms with E-state index in [1.807, 2.05) is 0 Å². The minimum absolute atomic E-state index is 0.0374. The Morgan fingerprint density at radius 1 is 1.78 bits per heavy atom. The molecule has 0 rings (SSSR count). The lowest BCUT2D eigenvalue weighted by atomic mass is 10.6. The first-order valence-corrected chi connectivity index (χ1v) is 3.11. The molecule has 0 fully saturated rings. The average Bonchev–Trinajstić information content (AvgIpc) is 1.80. The van der Waals surface area contributed by atoms with Crippen LogP contribution in [0.25, 0.3) is 0 Å². The Morgan fingerprint density at radius 3 is 2.89 bits per heavy atom. The number of rotatable bonds is 4. The van der Waals surface area contributed by atoms with Gasteiger partial charge in [-0.05, 0) is 6.20 Å². The van der Waals surface area contributed by atoms with Crippen molar-refractivity contribution in [2.75, 3.05) is 12.3 Å². The van der Waals surface area contributed by atoms with Crippen LogP contribution in [0.2, 0.25) is 0 Å². The van der Waals surface area contributed by atoms with E-state index in [2.05, 4.69) is 17.9 Å². The molecule has 0 heterocycles. The molecule has 9 heavy (non-hydrogen) atoms. The summed E-state index contributed by atoms with van der Waals surface area (Å²) in [6, 6.07) is 0. The van der Waals surface area contributed by atoms with E-state index in [9.17, 15) is 4.79 Å². The van der Waals surface area contributed by atoms with Crippen molar-refractivity contribution in [1.82, 2.24) is 5.32 Å². The van der Waals surface area contributed by atoms with Gasteiger partial charge >= 0.3 is 5.97 Å². The van der Waals surface area contributed by atoms with Crippen molar-refractivity contribution in [3.05, 3.63) is 12.3 Å². The van der Waals surface area contributed by atoms with Gasteiger partial charge in [-0.25, -0.2) is 0 Å². The van der Waals surface area contributed by atoms with Crippen molar-refractivity contribution in [2.45, 2.75) is 0 Å². The maximum Gasteiger partial charge on any atom is 0.322 e. The van der Waals surface area contributed by atoms with E-state index in [0.29, 0.717) is 5.75 Å². The summed E-state index contributed by atoms with van der Waals surface area (Å²) in [5, 5.41) is 10.7. The highest BCUT2D eigenvalue weighted by Crippen LogP contribution is 1.72. The molecule has 2 N–H and O–H groups in total. The number of hydrogen-bond donors (Lipinski definition) is 3. The van der Waals surface area contributed by atoms with E-state index < -0.39 is 5.97 Å². The zero-order valence-electron chi connectivity index (χ0n) is 4.87. The molecule has 0 saturated carbocycles. The van der Waals surface area contributed by atoms with E-state index in [1.54, 1.807) is 12.3 Å². The second kappa shape index (κ2) is 5.50. The maximum atomic E-state index is 9.85. The fraction of sp³-hybridized carbons (Fsp3) is 0.400. The van der Waals surface area contributed by atoms with Gasteiger partial charge in [0.15, 0.2) is 0 Å². The summed E-state index contributed by atoms with van der Waals surface area (Å²) in [5.41, 5.74) is 0.